The normalized spacial score (nSPS) is 19.4. The second kappa shape index (κ2) is 6.88. The molecule has 0 bridgehead atoms. The molecule has 0 saturated carbocycles. The van der Waals surface area contributed by atoms with Gasteiger partial charge in [0.25, 0.3) is 5.56 Å². The molecule has 0 amide bonds. The zero-order chi connectivity index (χ0) is 21.1. The zero-order valence-electron chi connectivity index (χ0n) is 17.8. The van der Waals surface area contributed by atoms with Gasteiger partial charge in [-0.15, -0.1) is 0 Å². The average Bonchev–Trinajstić information content (AvgIpc) is 3.40. The summed E-state index contributed by atoms with van der Waals surface area (Å²) in [6, 6.07) is 8.17. The molecule has 0 spiro atoms. The molecule has 0 aromatic carbocycles. The fraction of sp³-hybridized carbons (Fsp3) is 0.391. The standard InChI is InChI=1S/C23H25N7O/c1-15-12-30-21(16(2)24-15)10-20(26-30)19-11-23(31)29-14-18(5-6-22(29)25-19)28-9-8-27-7-3-4-17(27)13-28/h5-6,10-12,14,17H,3-4,7-9,13H2,1-2H3/t17-/m1/s1. The van der Waals surface area contributed by atoms with Crippen LogP contribution in [0.4, 0.5) is 5.69 Å². The lowest BCUT2D eigenvalue weighted by Gasteiger charge is -2.38. The predicted octanol–water partition coefficient (Wildman–Crippen LogP) is 2.31. The van der Waals surface area contributed by atoms with Crippen LogP contribution in [0.5, 0.6) is 0 Å². The third-order valence-corrected chi connectivity index (χ3v) is 6.62. The Balaban J connectivity index is 1.37. The lowest BCUT2D eigenvalue weighted by Crippen LogP contribution is -2.50. The van der Waals surface area contributed by atoms with Crippen LogP contribution in [0.15, 0.2) is 41.5 Å². The van der Waals surface area contributed by atoms with Crippen LogP contribution < -0.4 is 10.5 Å². The first-order chi connectivity index (χ1) is 15.0. The maximum atomic E-state index is 13.0. The van der Waals surface area contributed by atoms with Crippen molar-refractivity contribution in [3.05, 3.63) is 58.4 Å². The molecular formula is C23H25N7O. The lowest BCUT2D eigenvalue weighted by molar-refractivity contribution is 0.231. The molecule has 0 N–H and O–H groups in total. The Morgan fingerprint density at radius 1 is 1.00 bits per heavy atom. The Hall–Kier alpha value is -3.26. The van der Waals surface area contributed by atoms with Crippen molar-refractivity contribution >= 4 is 16.9 Å². The highest BCUT2D eigenvalue weighted by Gasteiger charge is 2.30. The van der Waals surface area contributed by atoms with E-state index in [1.165, 1.54) is 19.4 Å². The monoisotopic (exact) mass is 415 g/mol. The van der Waals surface area contributed by atoms with Gasteiger partial charge >= 0.3 is 0 Å². The Bertz CT molecular complexity index is 1370. The van der Waals surface area contributed by atoms with Crippen molar-refractivity contribution in [3.63, 3.8) is 0 Å². The van der Waals surface area contributed by atoms with E-state index in [9.17, 15) is 4.79 Å². The summed E-state index contributed by atoms with van der Waals surface area (Å²) in [6.07, 6.45) is 6.37. The number of nitrogens with zero attached hydrogens (tertiary/aromatic N) is 7. The molecule has 31 heavy (non-hydrogen) atoms. The average molecular weight is 416 g/mol. The number of rotatable bonds is 2. The van der Waals surface area contributed by atoms with Crippen LogP contribution in [0.3, 0.4) is 0 Å². The van der Waals surface area contributed by atoms with Crippen LogP contribution in [0.25, 0.3) is 22.6 Å². The van der Waals surface area contributed by atoms with Gasteiger partial charge in [0.15, 0.2) is 0 Å². The van der Waals surface area contributed by atoms with E-state index in [1.807, 2.05) is 42.9 Å². The molecule has 2 aliphatic heterocycles. The summed E-state index contributed by atoms with van der Waals surface area (Å²) in [5.41, 5.74) is 5.61. The fourth-order valence-corrected chi connectivity index (χ4v) is 5.05. The minimum Gasteiger partial charge on any atom is -0.367 e. The van der Waals surface area contributed by atoms with E-state index in [0.29, 0.717) is 23.1 Å². The summed E-state index contributed by atoms with van der Waals surface area (Å²) in [6.45, 7) is 8.25. The Labute approximate surface area is 179 Å². The van der Waals surface area contributed by atoms with Gasteiger partial charge < -0.3 is 4.90 Å². The topological polar surface area (TPSA) is 71.0 Å². The van der Waals surface area contributed by atoms with Crippen molar-refractivity contribution in [2.45, 2.75) is 32.7 Å². The molecule has 4 aromatic heterocycles. The third-order valence-electron chi connectivity index (χ3n) is 6.62. The molecule has 2 fully saturated rings. The van der Waals surface area contributed by atoms with Gasteiger partial charge in [0.2, 0.25) is 0 Å². The zero-order valence-corrected chi connectivity index (χ0v) is 17.8. The van der Waals surface area contributed by atoms with Crippen molar-refractivity contribution in [3.8, 4) is 11.4 Å². The molecular weight excluding hydrogens is 390 g/mol. The van der Waals surface area contributed by atoms with Crippen molar-refractivity contribution in [2.75, 3.05) is 31.1 Å². The number of pyridine rings is 1. The summed E-state index contributed by atoms with van der Waals surface area (Å²) in [4.78, 5) is 27.2. The number of aromatic nitrogens is 5. The molecule has 6 rings (SSSR count). The third kappa shape index (κ3) is 3.09. The fourth-order valence-electron chi connectivity index (χ4n) is 5.05. The highest BCUT2D eigenvalue weighted by atomic mass is 16.1. The smallest absolute Gasteiger partial charge is 0.258 e. The SMILES string of the molecule is Cc1cn2nc(-c3cc(=O)n4cc(N5CCN6CCC[C@@H]6C5)ccc4n3)cc2c(C)n1. The molecule has 158 valence electrons. The quantitative estimate of drug-likeness (QED) is 0.500. The first-order valence-corrected chi connectivity index (χ1v) is 10.9. The summed E-state index contributed by atoms with van der Waals surface area (Å²) in [5, 5.41) is 4.63. The van der Waals surface area contributed by atoms with Gasteiger partial charge in [0, 0.05) is 37.9 Å². The Kier molecular flexibility index (Phi) is 4.11. The summed E-state index contributed by atoms with van der Waals surface area (Å²) in [7, 11) is 0. The molecule has 4 aromatic rings. The van der Waals surface area contributed by atoms with Crippen LogP contribution in [0, 0.1) is 13.8 Å². The van der Waals surface area contributed by atoms with Gasteiger partial charge in [-0.1, -0.05) is 0 Å². The van der Waals surface area contributed by atoms with E-state index in [2.05, 4.69) is 25.9 Å². The van der Waals surface area contributed by atoms with Crippen LogP contribution in [0.2, 0.25) is 0 Å². The molecule has 0 aliphatic carbocycles. The maximum Gasteiger partial charge on any atom is 0.258 e. The van der Waals surface area contributed by atoms with E-state index < -0.39 is 0 Å². The maximum absolute atomic E-state index is 13.0. The number of hydrogen-bond donors (Lipinski definition) is 0. The van der Waals surface area contributed by atoms with E-state index in [0.717, 1.165) is 42.2 Å². The summed E-state index contributed by atoms with van der Waals surface area (Å²) >= 11 is 0. The van der Waals surface area contributed by atoms with Gasteiger partial charge in [0.1, 0.15) is 11.3 Å². The molecule has 2 saturated heterocycles. The molecule has 2 aliphatic rings. The number of hydrogen-bond acceptors (Lipinski definition) is 6. The van der Waals surface area contributed by atoms with Crippen LogP contribution in [-0.4, -0.2) is 61.1 Å². The van der Waals surface area contributed by atoms with Gasteiger partial charge in [0.05, 0.1) is 34.5 Å². The first-order valence-electron chi connectivity index (χ1n) is 10.9. The highest BCUT2D eigenvalue weighted by Crippen LogP contribution is 2.26. The highest BCUT2D eigenvalue weighted by molar-refractivity contribution is 5.66. The number of aryl methyl sites for hydroxylation is 2. The molecule has 8 nitrogen and oxygen atoms in total. The van der Waals surface area contributed by atoms with Gasteiger partial charge in [-0.2, -0.15) is 5.10 Å². The lowest BCUT2D eigenvalue weighted by atomic mass is 10.1. The summed E-state index contributed by atoms with van der Waals surface area (Å²) in [5.74, 6) is 0. The van der Waals surface area contributed by atoms with Crippen molar-refractivity contribution in [2.24, 2.45) is 0 Å². The van der Waals surface area contributed by atoms with Crippen LogP contribution in [0.1, 0.15) is 24.2 Å². The van der Waals surface area contributed by atoms with E-state index in [1.54, 1.807) is 10.5 Å². The first kappa shape index (κ1) is 18.5. The summed E-state index contributed by atoms with van der Waals surface area (Å²) < 4.78 is 3.45. The largest absolute Gasteiger partial charge is 0.367 e. The number of anilines is 1. The number of piperazine rings is 1. The number of fused-ring (bicyclic) bond motifs is 3. The van der Waals surface area contributed by atoms with Crippen molar-refractivity contribution < 1.29 is 0 Å². The molecule has 0 unspecified atom stereocenters. The second-order valence-corrected chi connectivity index (χ2v) is 8.70. The van der Waals surface area contributed by atoms with Gasteiger partial charge in [-0.3, -0.25) is 19.1 Å². The van der Waals surface area contributed by atoms with E-state index in [-0.39, 0.29) is 5.56 Å². The van der Waals surface area contributed by atoms with Crippen molar-refractivity contribution in [1.82, 2.24) is 28.9 Å². The van der Waals surface area contributed by atoms with E-state index in [4.69, 9.17) is 4.98 Å². The van der Waals surface area contributed by atoms with Gasteiger partial charge in [-0.25, -0.2) is 9.50 Å². The van der Waals surface area contributed by atoms with E-state index >= 15 is 0 Å². The van der Waals surface area contributed by atoms with Crippen molar-refractivity contribution in [1.29, 1.82) is 0 Å². The minimum absolute atomic E-state index is 0.0931. The molecule has 6 heterocycles. The van der Waals surface area contributed by atoms with Crippen LogP contribution >= 0.6 is 0 Å². The van der Waals surface area contributed by atoms with Gasteiger partial charge in [-0.05, 0) is 51.4 Å². The molecule has 0 radical (unpaired) electrons. The molecule has 1 atom stereocenters. The van der Waals surface area contributed by atoms with Crippen LogP contribution in [-0.2, 0) is 0 Å². The Morgan fingerprint density at radius 2 is 1.90 bits per heavy atom. The minimum atomic E-state index is -0.0931. The Morgan fingerprint density at radius 3 is 2.81 bits per heavy atom. The predicted molar refractivity (Wildman–Crippen MR) is 120 cm³/mol. The molecule has 8 heteroatoms. The second-order valence-electron chi connectivity index (χ2n) is 8.70.